The molecule has 1 aliphatic heterocycles. The average Bonchev–Trinajstić information content (AvgIpc) is 2.70. The number of nitrogens with one attached hydrogen (secondary N) is 1. The van der Waals surface area contributed by atoms with E-state index in [9.17, 15) is 27.7 Å². The van der Waals surface area contributed by atoms with Gasteiger partial charge in [0.05, 0.1) is 16.4 Å². The predicted molar refractivity (Wildman–Crippen MR) is 108 cm³/mol. The number of hydrogen-bond acceptors (Lipinski definition) is 6. The van der Waals surface area contributed by atoms with Crippen molar-refractivity contribution in [1.82, 2.24) is 9.21 Å². The molecule has 0 unspecified atom stereocenters. The van der Waals surface area contributed by atoms with Crippen molar-refractivity contribution in [2.24, 2.45) is 0 Å². The smallest absolute Gasteiger partial charge is 0.273 e. The molecule has 1 aliphatic rings. The number of carbonyl (C=O) groups is 1. The lowest BCUT2D eigenvalue weighted by Crippen LogP contribution is -2.50. The minimum atomic E-state index is -3.87. The van der Waals surface area contributed by atoms with Crippen LogP contribution >= 0.6 is 0 Å². The number of carbonyl (C=O) groups excluding carboxylic acids is 1. The summed E-state index contributed by atoms with van der Waals surface area (Å²) >= 11 is 0. The van der Waals surface area contributed by atoms with Gasteiger partial charge in [0.15, 0.2) is 0 Å². The number of nitro groups is 1. The standard InChI is InChI=1S/C19H21FN4O5S/c1-14-2-7-17(12-18(14)24(26)27)30(28,29)23-10-8-22(9-11-23)13-19(25)21-16-5-3-15(20)4-6-16/h2-7,12H,8-11,13H2,1H3,(H,21,25). The maximum atomic E-state index is 12.9. The van der Waals surface area contributed by atoms with E-state index < -0.39 is 20.8 Å². The summed E-state index contributed by atoms with van der Waals surface area (Å²) in [5.41, 5.74) is 0.617. The lowest BCUT2D eigenvalue weighted by Gasteiger charge is -2.33. The summed E-state index contributed by atoms with van der Waals surface area (Å²) in [5, 5.41) is 13.8. The van der Waals surface area contributed by atoms with Crippen LogP contribution in [0.15, 0.2) is 47.4 Å². The summed E-state index contributed by atoms with van der Waals surface area (Å²) in [6.45, 7) is 2.61. The van der Waals surface area contributed by atoms with E-state index in [2.05, 4.69) is 5.32 Å². The number of nitrogens with zero attached hydrogens (tertiary/aromatic N) is 3. The highest BCUT2D eigenvalue weighted by Crippen LogP contribution is 2.25. The Morgan fingerprint density at radius 1 is 1.13 bits per heavy atom. The number of anilines is 1. The van der Waals surface area contributed by atoms with Gasteiger partial charge in [0, 0.05) is 43.5 Å². The minimum Gasteiger partial charge on any atom is -0.325 e. The first kappa shape index (κ1) is 21.8. The van der Waals surface area contributed by atoms with Crippen LogP contribution in [-0.2, 0) is 14.8 Å². The highest BCUT2D eigenvalue weighted by molar-refractivity contribution is 7.89. The van der Waals surface area contributed by atoms with Crippen LogP contribution < -0.4 is 5.32 Å². The molecule has 1 fully saturated rings. The van der Waals surface area contributed by atoms with E-state index in [4.69, 9.17) is 0 Å². The quantitative estimate of drug-likeness (QED) is 0.547. The van der Waals surface area contributed by atoms with Gasteiger partial charge < -0.3 is 5.32 Å². The fourth-order valence-electron chi connectivity index (χ4n) is 3.16. The fourth-order valence-corrected chi connectivity index (χ4v) is 4.60. The van der Waals surface area contributed by atoms with Crippen LogP contribution in [-0.4, -0.2) is 61.2 Å². The van der Waals surface area contributed by atoms with Gasteiger partial charge in [-0.3, -0.25) is 19.8 Å². The number of sulfonamides is 1. The van der Waals surface area contributed by atoms with E-state index in [1.165, 1.54) is 40.7 Å². The molecule has 3 rings (SSSR count). The molecule has 1 heterocycles. The molecule has 1 amide bonds. The molecule has 9 nitrogen and oxygen atoms in total. The maximum absolute atomic E-state index is 12.9. The highest BCUT2D eigenvalue weighted by Gasteiger charge is 2.30. The van der Waals surface area contributed by atoms with E-state index in [1.54, 1.807) is 6.92 Å². The number of aryl methyl sites for hydroxylation is 1. The third-order valence-corrected chi connectivity index (χ3v) is 6.74. The Balaban J connectivity index is 1.59. The van der Waals surface area contributed by atoms with Crippen LogP contribution in [0, 0.1) is 22.9 Å². The van der Waals surface area contributed by atoms with E-state index in [0.717, 1.165) is 6.07 Å². The summed E-state index contributed by atoms with van der Waals surface area (Å²) in [6, 6.07) is 9.26. The Morgan fingerprint density at radius 2 is 1.77 bits per heavy atom. The summed E-state index contributed by atoms with van der Waals surface area (Å²) in [4.78, 5) is 24.3. The molecule has 30 heavy (non-hydrogen) atoms. The van der Waals surface area contributed by atoms with E-state index >= 15 is 0 Å². The van der Waals surface area contributed by atoms with E-state index in [0.29, 0.717) is 24.3 Å². The molecule has 11 heteroatoms. The summed E-state index contributed by atoms with van der Waals surface area (Å²) in [6.07, 6.45) is 0. The Labute approximate surface area is 173 Å². The van der Waals surface area contributed by atoms with Crippen molar-refractivity contribution in [2.45, 2.75) is 11.8 Å². The van der Waals surface area contributed by atoms with Crippen molar-refractivity contribution in [3.8, 4) is 0 Å². The zero-order valence-corrected chi connectivity index (χ0v) is 17.1. The lowest BCUT2D eigenvalue weighted by molar-refractivity contribution is -0.385. The van der Waals surface area contributed by atoms with Crippen LogP contribution in [0.25, 0.3) is 0 Å². The van der Waals surface area contributed by atoms with Crippen molar-refractivity contribution in [2.75, 3.05) is 38.0 Å². The molecule has 1 saturated heterocycles. The molecule has 2 aromatic rings. The number of rotatable bonds is 6. The van der Waals surface area contributed by atoms with E-state index in [1.807, 2.05) is 4.90 Å². The average molecular weight is 436 g/mol. The molecule has 0 bridgehead atoms. The van der Waals surface area contributed by atoms with Crippen LogP contribution in [0.5, 0.6) is 0 Å². The van der Waals surface area contributed by atoms with Gasteiger partial charge in [0.1, 0.15) is 5.82 Å². The molecule has 0 aromatic heterocycles. The number of amides is 1. The number of benzene rings is 2. The van der Waals surface area contributed by atoms with Gasteiger partial charge in [-0.05, 0) is 37.3 Å². The number of piperazine rings is 1. The molecule has 0 spiro atoms. The zero-order valence-electron chi connectivity index (χ0n) is 16.2. The minimum absolute atomic E-state index is 0.0707. The van der Waals surface area contributed by atoms with Crippen LogP contribution in [0.4, 0.5) is 15.8 Å². The zero-order chi connectivity index (χ0) is 21.9. The second kappa shape index (κ2) is 8.86. The molecule has 0 saturated carbocycles. The van der Waals surface area contributed by atoms with Gasteiger partial charge in [0.25, 0.3) is 5.69 Å². The molecular weight excluding hydrogens is 415 g/mol. The van der Waals surface area contributed by atoms with Crippen LogP contribution in [0.3, 0.4) is 0 Å². The number of hydrogen-bond donors (Lipinski definition) is 1. The van der Waals surface area contributed by atoms with Gasteiger partial charge in [-0.25, -0.2) is 12.8 Å². The number of nitro benzene ring substituents is 1. The van der Waals surface area contributed by atoms with Crippen molar-refractivity contribution in [3.63, 3.8) is 0 Å². The summed E-state index contributed by atoms with van der Waals surface area (Å²) < 4.78 is 39.9. The monoisotopic (exact) mass is 436 g/mol. The number of halogens is 1. The normalized spacial score (nSPS) is 15.7. The topological polar surface area (TPSA) is 113 Å². The lowest BCUT2D eigenvalue weighted by atomic mass is 10.2. The maximum Gasteiger partial charge on any atom is 0.273 e. The Morgan fingerprint density at radius 3 is 2.37 bits per heavy atom. The molecule has 0 radical (unpaired) electrons. The Bertz CT molecular complexity index is 1050. The van der Waals surface area contributed by atoms with Crippen LogP contribution in [0.1, 0.15) is 5.56 Å². The summed E-state index contributed by atoms with van der Waals surface area (Å²) in [5.74, 6) is -0.684. The van der Waals surface area contributed by atoms with Gasteiger partial charge in [-0.1, -0.05) is 6.07 Å². The Hall–Kier alpha value is -2.89. The second-order valence-electron chi connectivity index (χ2n) is 6.94. The first-order chi connectivity index (χ1) is 14.2. The summed E-state index contributed by atoms with van der Waals surface area (Å²) in [7, 11) is -3.87. The Kier molecular flexibility index (Phi) is 6.44. The first-order valence-corrected chi connectivity index (χ1v) is 10.6. The van der Waals surface area contributed by atoms with Crippen molar-refractivity contribution >= 4 is 27.3 Å². The molecule has 0 atom stereocenters. The SMILES string of the molecule is Cc1ccc(S(=O)(=O)N2CCN(CC(=O)Nc3ccc(F)cc3)CC2)cc1[N+](=O)[O-]. The van der Waals surface area contributed by atoms with Crippen LogP contribution in [0.2, 0.25) is 0 Å². The third-order valence-electron chi connectivity index (χ3n) is 4.84. The second-order valence-corrected chi connectivity index (χ2v) is 8.88. The van der Waals surface area contributed by atoms with Crippen molar-refractivity contribution < 1.29 is 22.5 Å². The highest BCUT2D eigenvalue weighted by atomic mass is 32.2. The largest absolute Gasteiger partial charge is 0.325 e. The van der Waals surface area contributed by atoms with Gasteiger partial charge in [-0.15, -0.1) is 0 Å². The van der Waals surface area contributed by atoms with Crippen molar-refractivity contribution in [3.05, 3.63) is 64.0 Å². The van der Waals surface area contributed by atoms with E-state index in [-0.39, 0.29) is 36.1 Å². The van der Waals surface area contributed by atoms with Crippen molar-refractivity contribution in [1.29, 1.82) is 0 Å². The van der Waals surface area contributed by atoms with Gasteiger partial charge in [-0.2, -0.15) is 4.31 Å². The molecule has 1 N–H and O–H groups in total. The van der Waals surface area contributed by atoms with Gasteiger partial charge >= 0.3 is 0 Å². The van der Waals surface area contributed by atoms with Gasteiger partial charge in [0.2, 0.25) is 15.9 Å². The molecule has 160 valence electrons. The predicted octanol–water partition coefficient (Wildman–Crippen LogP) is 1.99. The molecule has 2 aromatic carbocycles. The third kappa shape index (κ3) is 4.99. The molecule has 0 aliphatic carbocycles. The fraction of sp³-hybridized carbons (Fsp3) is 0.316. The first-order valence-electron chi connectivity index (χ1n) is 9.20. The molecular formula is C19H21FN4O5S.